The number of nitrogens with two attached hydrogens (primary N) is 1. The lowest BCUT2D eigenvalue weighted by Crippen LogP contribution is -2.10. The molecule has 108 valence electrons. The number of nitrogens with one attached hydrogen (secondary N) is 1. The van der Waals surface area contributed by atoms with Gasteiger partial charge in [-0.2, -0.15) is 0 Å². The van der Waals surface area contributed by atoms with Gasteiger partial charge in [0.05, 0.1) is 11.8 Å². The van der Waals surface area contributed by atoms with Crippen LogP contribution in [0.5, 0.6) is 5.75 Å². The van der Waals surface area contributed by atoms with E-state index in [1.54, 1.807) is 6.33 Å². The van der Waals surface area contributed by atoms with Gasteiger partial charge >= 0.3 is 0 Å². The summed E-state index contributed by atoms with van der Waals surface area (Å²) in [4.78, 5) is 11.5. The zero-order valence-electron chi connectivity index (χ0n) is 11.7. The van der Waals surface area contributed by atoms with Gasteiger partial charge in [0.1, 0.15) is 12.4 Å². The molecule has 0 radical (unpaired) electrons. The monoisotopic (exact) mass is 282 g/mol. The molecule has 0 saturated carbocycles. The maximum absolute atomic E-state index is 5.47. The Morgan fingerprint density at radius 2 is 1.86 bits per heavy atom. The van der Waals surface area contributed by atoms with Gasteiger partial charge in [-0.3, -0.25) is 0 Å². The molecule has 1 aromatic carbocycles. The van der Waals surface area contributed by atoms with E-state index in [2.05, 4.69) is 33.2 Å². The molecule has 21 heavy (non-hydrogen) atoms. The minimum absolute atomic E-state index is 0.533. The number of hydrogen-bond donors (Lipinski definition) is 2. The van der Waals surface area contributed by atoms with Crippen LogP contribution in [0.25, 0.3) is 11.2 Å². The molecule has 5 nitrogen and oxygen atoms in total. The van der Waals surface area contributed by atoms with E-state index >= 15 is 0 Å². The highest BCUT2D eigenvalue weighted by Gasteiger charge is 2.01. The molecular formula is C16H18N4O. The molecule has 2 aromatic heterocycles. The lowest BCUT2D eigenvalue weighted by atomic mass is 10.1. The second-order valence-corrected chi connectivity index (χ2v) is 4.90. The van der Waals surface area contributed by atoms with Crippen molar-refractivity contribution < 1.29 is 4.74 Å². The van der Waals surface area contributed by atoms with Crippen molar-refractivity contribution in [1.82, 2.24) is 15.0 Å². The predicted molar refractivity (Wildman–Crippen MR) is 82.3 cm³/mol. The zero-order valence-corrected chi connectivity index (χ0v) is 11.7. The van der Waals surface area contributed by atoms with Gasteiger partial charge in [-0.15, -0.1) is 0 Å². The summed E-state index contributed by atoms with van der Waals surface area (Å²) < 4.78 is 5.47. The van der Waals surface area contributed by atoms with Gasteiger partial charge < -0.3 is 15.5 Å². The van der Waals surface area contributed by atoms with Crippen molar-refractivity contribution in [2.45, 2.75) is 12.8 Å². The van der Waals surface area contributed by atoms with E-state index < -0.39 is 0 Å². The fourth-order valence-corrected chi connectivity index (χ4v) is 2.23. The van der Waals surface area contributed by atoms with Crippen LogP contribution in [0.4, 0.5) is 0 Å². The smallest absolute Gasteiger partial charge is 0.177 e. The molecule has 3 N–H and O–H groups in total. The Morgan fingerprint density at radius 3 is 2.67 bits per heavy atom. The Hall–Kier alpha value is -2.40. The molecule has 0 saturated heterocycles. The second kappa shape index (κ2) is 6.37. The number of ether oxygens (including phenoxy) is 1. The van der Waals surface area contributed by atoms with Gasteiger partial charge in [0.2, 0.25) is 0 Å². The SMILES string of the molecule is NCCOc1ccc(CCc2cnc3nc[nH]c3c2)cc1. The quantitative estimate of drug-likeness (QED) is 0.725. The fourth-order valence-electron chi connectivity index (χ4n) is 2.23. The highest BCUT2D eigenvalue weighted by Crippen LogP contribution is 2.15. The summed E-state index contributed by atoms with van der Waals surface area (Å²) >= 11 is 0. The van der Waals surface area contributed by atoms with E-state index in [9.17, 15) is 0 Å². The van der Waals surface area contributed by atoms with E-state index in [0.29, 0.717) is 13.2 Å². The number of hydrogen-bond acceptors (Lipinski definition) is 4. The minimum atomic E-state index is 0.533. The van der Waals surface area contributed by atoms with Gasteiger partial charge in [-0.1, -0.05) is 12.1 Å². The summed E-state index contributed by atoms with van der Waals surface area (Å²) in [5.41, 5.74) is 9.64. The van der Waals surface area contributed by atoms with Crippen molar-refractivity contribution in [3.8, 4) is 5.75 Å². The highest BCUT2D eigenvalue weighted by molar-refractivity contribution is 5.70. The van der Waals surface area contributed by atoms with Gasteiger partial charge in [0.15, 0.2) is 5.65 Å². The molecule has 0 spiro atoms. The molecule has 0 fully saturated rings. The molecule has 0 amide bonds. The highest BCUT2D eigenvalue weighted by atomic mass is 16.5. The van der Waals surface area contributed by atoms with Gasteiger partial charge in [-0.05, 0) is 42.2 Å². The van der Waals surface area contributed by atoms with E-state index in [-0.39, 0.29) is 0 Å². The Labute approximate surface area is 123 Å². The normalized spacial score (nSPS) is 10.9. The Kier molecular flexibility index (Phi) is 4.12. The van der Waals surface area contributed by atoms with E-state index in [4.69, 9.17) is 10.5 Å². The summed E-state index contributed by atoms with van der Waals surface area (Å²) in [7, 11) is 0. The molecule has 0 atom stereocenters. The molecule has 0 aliphatic rings. The maximum Gasteiger partial charge on any atom is 0.177 e. The third-order valence-corrected chi connectivity index (χ3v) is 3.34. The third kappa shape index (κ3) is 3.38. The van der Waals surface area contributed by atoms with Crippen molar-refractivity contribution in [3.05, 3.63) is 54.0 Å². The first-order valence-electron chi connectivity index (χ1n) is 7.05. The van der Waals surface area contributed by atoms with Crippen LogP contribution >= 0.6 is 0 Å². The lowest BCUT2D eigenvalue weighted by molar-refractivity contribution is 0.328. The van der Waals surface area contributed by atoms with Crippen molar-refractivity contribution in [2.24, 2.45) is 5.73 Å². The number of aromatic amines is 1. The number of aromatic nitrogens is 3. The zero-order chi connectivity index (χ0) is 14.5. The van der Waals surface area contributed by atoms with Crippen molar-refractivity contribution in [3.63, 3.8) is 0 Å². The number of fused-ring (bicyclic) bond motifs is 1. The van der Waals surface area contributed by atoms with Gasteiger partial charge in [0.25, 0.3) is 0 Å². The topological polar surface area (TPSA) is 76.8 Å². The summed E-state index contributed by atoms with van der Waals surface area (Å²) in [6.45, 7) is 1.08. The van der Waals surface area contributed by atoms with E-state index in [1.165, 1.54) is 11.1 Å². The van der Waals surface area contributed by atoms with E-state index in [1.807, 2.05) is 18.3 Å². The molecule has 5 heteroatoms. The average molecular weight is 282 g/mol. The molecule has 0 aliphatic heterocycles. The first kappa shape index (κ1) is 13.6. The maximum atomic E-state index is 5.47. The number of aryl methyl sites for hydroxylation is 2. The molecule has 3 rings (SSSR count). The summed E-state index contributed by atoms with van der Waals surface area (Å²) in [6, 6.07) is 10.3. The fraction of sp³-hybridized carbons (Fsp3) is 0.250. The van der Waals surface area contributed by atoms with Crippen molar-refractivity contribution in [1.29, 1.82) is 0 Å². The van der Waals surface area contributed by atoms with Crippen LogP contribution in [-0.4, -0.2) is 28.1 Å². The molecule has 0 bridgehead atoms. The number of pyridine rings is 1. The minimum Gasteiger partial charge on any atom is -0.492 e. The van der Waals surface area contributed by atoms with Crippen LogP contribution in [0.1, 0.15) is 11.1 Å². The van der Waals surface area contributed by atoms with Crippen LogP contribution in [0.2, 0.25) is 0 Å². The van der Waals surface area contributed by atoms with Crippen LogP contribution in [0.3, 0.4) is 0 Å². The molecule has 0 unspecified atom stereocenters. The Morgan fingerprint density at radius 1 is 1.05 bits per heavy atom. The average Bonchev–Trinajstić information content (AvgIpc) is 2.99. The summed E-state index contributed by atoms with van der Waals surface area (Å²) in [5.74, 6) is 0.866. The largest absolute Gasteiger partial charge is 0.492 e. The van der Waals surface area contributed by atoms with E-state index in [0.717, 1.165) is 29.8 Å². The van der Waals surface area contributed by atoms with Crippen LogP contribution in [-0.2, 0) is 12.8 Å². The van der Waals surface area contributed by atoms with Crippen molar-refractivity contribution in [2.75, 3.05) is 13.2 Å². The van der Waals surface area contributed by atoms with Crippen molar-refractivity contribution >= 4 is 11.2 Å². The Bertz CT molecular complexity index is 706. The number of rotatable bonds is 6. The first-order chi connectivity index (χ1) is 10.3. The van der Waals surface area contributed by atoms with Crippen LogP contribution < -0.4 is 10.5 Å². The predicted octanol–water partition coefficient (Wildman–Crippen LogP) is 2.08. The second-order valence-electron chi connectivity index (χ2n) is 4.90. The third-order valence-electron chi connectivity index (χ3n) is 3.34. The number of benzene rings is 1. The van der Waals surface area contributed by atoms with Crippen LogP contribution in [0.15, 0.2) is 42.9 Å². The number of imidazole rings is 1. The molecule has 2 heterocycles. The lowest BCUT2D eigenvalue weighted by Gasteiger charge is -2.06. The molecule has 3 aromatic rings. The molecular weight excluding hydrogens is 264 g/mol. The summed E-state index contributed by atoms with van der Waals surface area (Å²) in [6.07, 6.45) is 5.48. The first-order valence-corrected chi connectivity index (χ1v) is 7.05. The van der Waals surface area contributed by atoms with Crippen LogP contribution in [0, 0.1) is 0 Å². The molecule has 0 aliphatic carbocycles. The van der Waals surface area contributed by atoms with Gasteiger partial charge in [0, 0.05) is 12.7 Å². The van der Waals surface area contributed by atoms with Gasteiger partial charge in [-0.25, -0.2) is 9.97 Å². The Balaban J connectivity index is 1.61. The summed E-state index contributed by atoms with van der Waals surface area (Å²) in [5, 5.41) is 0. The standard InChI is InChI=1S/C16H18N4O/c17-7-8-21-14-5-3-12(4-6-14)1-2-13-9-15-16(18-10-13)20-11-19-15/h3-6,9-11H,1-2,7-8,17H2,(H,18,19,20). The number of nitrogens with zero attached hydrogens (tertiary/aromatic N) is 2. The number of H-pyrrole nitrogens is 1.